The molecule has 0 bridgehead atoms. The third kappa shape index (κ3) is 2.92. The second-order valence-electron chi connectivity index (χ2n) is 7.13. The molecule has 0 radical (unpaired) electrons. The summed E-state index contributed by atoms with van der Waals surface area (Å²) < 4.78 is 2.37. The summed E-state index contributed by atoms with van der Waals surface area (Å²) in [6.45, 7) is 2.23. The minimum atomic E-state index is 0.594. The third-order valence-electron chi connectivity index (χ3n) is 5.03. The predicted octanol–water partition coefficient (Wildman–Crippen LogP) is 2.89. The van der Waals surface area contributed by atoms with Gasteiger partial charge in [0.25, 0.3) is 0 Å². The number of piperidine rings is 1. The molecule has 3 aliphatic rings. The van der Waals surface area contributed by atoms with Crippen molar-refractivity contribution in [3.8, 4) is 0 Å². The van der Waals surface area contributed by atoms with Gasteiger partial charge in [-0.15, -0.1) is 10.2 Å². The molecule has 3 heterocycles. The molecule has 2 saturated carbocycles. The number of nitrogens with zero attached hydrogens (tertiary/aromatic N) is 6. The third-order valence-corrected chi connectivity index (χ3v) is 5.98. The van der Waals surface area contributed by atoms with Crippen molar-refractivity contribution in [2.24, 2.45) is 0 Å². The Bertz CT molecular complexity index is 710. The van der Waals surface area contributed by atoms with Gasteiger partial charge < -0.3 is 4.90 Å². The largest absolute Gasteiger partial charge is 0.341 e. The lowest BCUT2D eigenvalue weighted by Gasteiger charge is -2.27. The normalized spacial score (nSPS) is 21.4. The van der Waals surface area contributed by atoms with Crippen LogP contribution in [-0.2, 0) is 5.75 Å². The quantitative estimate of drug-likeness (QED) is 0.811. The molecule has 24 heavy (non-hydrogen) atoms. The molecule has 3 fully saturated rings. The summed E-state index contributed by atoms with van der Waals surface area (Å²) in [4.78, 5) is 7.03. The zero-order valence-corrected chi connectivity index (χ0v) is 14.6. The Balaban J connectivity index is 1.32. The van der Waals surface area contributed by atoms with Gasteiger partial charge >= 0.3 is 0 Å². The number of hydrogen-bond donors (Lipinski definition) is 1. The van der Waals surface area contributed by atoms with Crippen molar-refractivity contribution in [3.63, 3.8) is 0 Å². The molecule has 2 aromatic heterocycles. The molecule has 0 amide bonds. The van der Waals surface area contributed by atoms with Crippen LogP contribution in [-0.4, -0.2) is 43.0 Å². The van der Waals surface area contributed by atoms with Crippen LogP contribution in [0.25, 0.3) is 0 Å². The van der Waals surface area contributed by atoms with Crippen LogP contribution in [0.5, 0.6) is 0 Å². The van der Waals surface area contributed by atoms with Gasteiger partial charge in [0.1, 0.15) is 5.82 Å². The van der Waals surface area contributed by atoms with Crippen molar-refractivity contribution < 1.29 is 0 Å². The molecule has 1 saturated heterocycles. The van der Waals surface area contributed by atoms with Crippen molar-refractivity contribution in [2.45, 2.75) is 67.8 Å². The molecule has 2 aliphatic carbocycles. The van der Waals surface area contributed by atoms with Gasteiger partial charge in [-0.1, -0.05) is 11.8 Å². The summed E-state index contributed by atoms with van der Waals surface area (Å²) in [5.41, 5.74) is 0. The lowest BCUT2D eigenvalue weighted by Crippen LogP contribution is -2.31. The van der Waals surface area contributed by atoms with Crippen molar-refractivity contribution in [2.75, 3.05) is 18.0 Å². The second-order valence-corrected chi connectivity index (χ2v) is 8.08. The first-order valence-electron chi connectivity index (χ1n) is 9.12. The fourth-order valence-electron chi connectivity index (χ4n) is 3.36. The average Bonchev–Trinajstić information content (AvgIpc) is 3.56. The summed E-state index contributed by atoms with van der Waals surface area (Å²) in [5, 5.41) is 17.5. The summed E-state index contributed by atoms with van der Waals surface area (Å²) in [6.07, 6.45) is 8.84. The van der Waals surface area contributed by atoms with Gasteiger partial charge in [0.2, 0.25) is 5.95 Å². The number of hydrogen-bond acceptors (Lipinski definition) is 6. The lowest BCUT2D eigenvalue weighted by atomic mass is 10.1. The first kappa shape index (κ1) is 14.7. The van der Waals surface area contributed by atoms with E-state index in [-0.39, 0.29) is 0 Å². The van der Waals surface area contributed by atoms with E-state index in [1.54, 1.807) is 11.8 Å². The molecule has 0 spiro atoms. The molecule has 7 nitrogen and oxygen atoms in total. The number of rotatable bonds is 6. The number of nitrogens with one attached hydrogen (secondary N) is 1. The first-order chi connectivity index (χ1) is 11.9. The Morgan fingerprint density at radius 2 is 1.88 bits per heavy atom. The van der Waals surface area contributed by atoms with Crippen molar-refractivity contribution >= 4 is 17.7 Å². The second kappa shape index (κ2) is 6.06. The predicted molar refractivity (Wildman–Crippen MR) is 92.3 cm³/mol. The standard InChI is InChI=1S/C16H23N7S/c1-2-8-22(9-3-1)15-20-21-16(23(15)12-6-7-12)24-10-13-17-14(19-18-13)11-4-5-11/h11-12H,1-10H2,(H,17,18,19). The molecule has 8 heteroatoms. The highest BCUT2D eigenvalue weighted by Gasteiger charge is 2.32. The van der Waals surface area contributed by atoms with E-state index in [9.17, 15) is 0 Å². The summed E-state index contributed by atoms with van der Waals surface area (Å²) in [6, 6.07) is 0.594. The average molecular weight is 345 g/mol. The van der Waals surface area contributed by atoms with Gasteiger partial charge in [0, 0.05) is 25.0 Å². The summed E-state index contributed by atoms with van der Waals surface area (Å²) >= 11 is 1.73. The highest BCUT2D eigenvalue weighted by molar-refractivity contribution is 7.98. The fraction of sp³-hybridized carbons (Fsp3) is 0.750. The van der Waals surface area contributed by atoms with Gasteiger partial charge in [-0.3, -0.25) is 9.67 Å². The van der Waals surface area contributed by atoms with Crippen LogP contribution in [0.1, 0.15) is 68.6 Å². The van der Waals surface area contributed by atoms with Crippen molar-refractivity contribution in [1.29, 1.82) is 0 Å². The van der Waals surface area contributed by atoms with Gasteiger partial charge in [-0.2, -0.15) is 5.10 Å². The van der Waals surface area contributed by atoms with Gasteiger partial charge in [-0.25, -0.2) is 4.98 Å². The van der Waals surface area contributed by atoms with Crippen molar-refractivity contribution in [3.05, 3.63) is 11.6 Å². The zero-order chi connectivity index (χ0) is 15.9. The monoisotopic (exact) mass is 345 g/mol. The minimum absolute atomic E-state index is 0.594. The van der Waals surface area contributed by atoms with Crippen molar-refractivity contribution in [1.82, 2.24) is 29.9 Å². The lowest BCUT2D eigenvalue weighted by molar-refractivity contribution is 0.548. The molecule has 5 rings (SSSR count). The molecular formula is C16H23N7S. The number of H-pyrrole nitrogens is 1. The first-order valence-corrected chi connectivity index (χ1v) is 10.1. The maximum Gasteiger partial charge on any atom is 0.228 e. The van der Waals surface area contributed by atoms with E-state index < -0.39 is 0 Å². The van der Waals surface area contributed by atoms with E-state index in [0.717, 1.165) is 41.6 Å². The molecule has 1 N–H and O–H groups in total. The molecular weight excluding hydrogens is 322 g/mol. The van der Waals surface area contributed by atoms with Gasteiger partial charge in [0.15, 0.2) is 11.0 Å². The maximum atomic E-state index is 4.62. The number of thioether (sulfide) groups is 1. The van der Waals surface area contributed by atoms with Crippen LogP contribution >= 0.6 is 11.8 Å². The fourth-order valence-corrected chi connectivity index (χ4v) is 4.22. The van der Waals surface area contributed by atoms with Crippen LogP contribution < -0.4 is 4.90 Å². The Hall–Kier alpha value is -1.57. The Labute approximate surface area is 145 Å². The molecule has 2 aromatic rings. The van der Waals surface area contributed by atoms with E-state index in [0.29, 0.717) is 12.0 Å². The Kier molecular flexibility index (Phi) is 3.72. The minimum Gasteiger partial charge on any atom is -0.341 e. The number of aromatic nitrogens is 6. The number of aromatic amines is 1. The topological polar surface area (TPSA) is 75.5 Å². The van der Waals surface area contributed by atoms with Crippen LogP contribution in [0, 0.1) is 0 Å². The highest BCUT2D eigenvalue weighted by atomic mass is 32.2. The van der Waals surface area contributed by atoms with Crippen LogP contribution in [0.4, 0.5) is 5.95 Å². The van der Waals surface area contributed by atoms with E-state index in [4.69, 9.17) is 0 Å². The summed E-state index contributed by atoms with van der Waals surface area (Å²) in [5.74, 6) is 4.40. The SMILES string of the molecule is C1CCN(c2nnc(SCc3nc(C4CC4)n[nH]3)n2C2CC2)CC1. The smallest absolute Gasteiger partial charge is 0.228 e. The highest BCUT2D eigenvalue weighted by Crippen LogP contribution is 2.42. The summed E-state index contributed by atoms with van der Waals surface area (Å²) in [7, 11) is 0. The zero-order valence-electron chi connectivity index (χ0n) is 13.8. The van der Waals surface area contributed by atoms with Gasteiger partial charge in [-0.05, 0) is 44.9 Å². The van der Waals surface area contributed by atoms with Crippen LogP contribution in [0.2, 0.25) is 0 Å². The molecule has 0 unspecified atom stereocenters. The molecule has 1 aliphatic heterocycles. The van der Waals surface area contributed by atoms with Gasteiger partial charge in [0.05, 0.1) is 5.75 Å². The van der Waals surface area contributed by atoms with Crippen LogP contribution in [0.3, 0.4) is 0 Å². The Morgan fingerprint density at radius 3 is 2.62 bits per heavy atom. The Morgan fingerprint density at radius 1 is 1.04 bits per heavy atom. The van der Waals surface area contributed by atoms with E-state index >= 15 is 0 Å². The molecule has 0 aromatic carbocycles. The molecule has 128 valence electrons. The van der Waals surface area contributed by atoms with E-state index in [1.165, 1.54) is 44.9 Å². The van der Waals surface area contributed by atoms with E-state index in [1.807, 2.05) is 0 Å². The number of anilines is 1. The van der Waals surface area contributed by atoms with Crippen LogP contribution in [0.15, 0.2) is 5.16 Å². The van der Waals surface area contributed by atoms with E-state index in [2.05, 4.69) is 34.8 Å². The molecule has 0 atom stereocenters. The maximum absolute atomic E-state index is 4.62.